The van der Waals surface area contributed by atoms with E-state index in [0.717, 1.165) is 31.3 Å². The van der Waals surface area contributed by atoms with Crippen LogP contribution in [0.25, 0.3) is 0 Å². The summed E-state index contributed by atoms with van der Waals surface area (Å²) in [6.07, 6.45) is 6.46. The molecule has 0 aliphatic heterocycles. The van der Waals surface area contributed by atoms with Crippen LogP contribution in [0.15, 0.2) is 11.6 Å². The molecule has 0 bridgehead atoms. The van der Waals surface area contributed by atoms with Gasteiger partial charge in [-0.05, 0) is 102 Å². The summed E-state index contributed by atoms with van der Waals surface area (Å²) >= 11 is 0. The topological polar surface area (TPSA) is 104 Å². The first-order valence-corrected chi connectivity index (χ1v) is 13.2. The van der Waals surface area contributed by atoms with Crippen LogP contribution in [0.4, 0.5) is 0 Å². The molecule has 0 aromatic rings. The van der Waals surface area contributed by atoms with Crippen molar-refractivity contribution in [3.63, 3.8) is 0 Å². The average molecular weight is 472 g/mol. The molecule has 0 aromatic heterocycles. The molecule has 3 fully saturated rings. The second kappa shape index (κ2) is 9.10. The van der Waals surface area contributed by atoms with Crippen molar-refractivity contribution in [3.8, 4) is 0 Å². The fourth-order valence-corrected chi connectivity index (χ4v) is 8.19. The Morgan fingerprint density at radius 1 is 1.19 bits per heavy atom. The highest BCUT2D eigenvalue weighted by Crippen LogP contribution is 2.66. The molecule has 8 atom stereocenters. The minimum atomic E-state index is -4.46. The Balaban J connectivity index is 0.000000668. The van der Waals surface area contributed by atoms with E-state index in [0.29, 0.717) is 31.1 Å². The molecular weight excluding hydrogens is 430 g/mol. The maximum Gasteiger partial charge on any atom is 0.397 e. The molecule has 0 heterocycles. The number of aliphatic hydroxyl groups excluding tert-OH is 1. The van der Waals surface area contributed by atoms with E-state index in [9.17, 15) is 18.3 Å². The summed E-state index contributed by atoms with van der Waals surface area (Å²) in [6, 6.07) is 0. The van der Waals surface area contributed by atoms with Crippen molar-refractivity contribution in [2.45, 2.75) is 77.9 Å². The van der Waals surface area contributed by atoms with Gasteiger partial charge in [0.05, 0.1) is 12.2 Å². The Morgan fingerprint density at radius 3 is 2.38 bits per heavy atom. The minimum Gasteiger partial charge on any atom is -0.393 e. The standard InChI is InChI=1S/C21H32O6S.C3H9N/c1-12(22)16-6-7-17-15-5-4-13-10-14(27-28(24,25)26)8-9-20(13,2)19(15)18(23)11-21(16,17)3;1-4(2)3/h4,14-19,23H,5-11H2,1-3H3,(H,24,25,26);1-3H3/t14-,15-,16+,17?,18-,19+,20-,21+;/m0./s1. The van der Waals surface area contributed by atoms with Gasteiger partial charge < -0.3 is 10.0 Å². The lowest BCUT2D eigenvalue weighted by Gasteiger charge is -2.59. The van der Waals surface area contributed by atoms with Crippen molar-refractivity contribution in [3.05, 3.63) is 11.6 Å². The molecule has 1 unspecified atom stereocenters. The zero-order chi connectivity index (χ0) is 24.1. The molecule has 0 aromatic carbocycles. The van der Waals surface area contributed by atoms with Crippen LogP contribution in [0.1, 0.15) is 65.7 Å². The Morgan fingerprint density at radius 2 is 1.81 bits per heavy atom. The molecule has 4 aliphatic rings. The molecular formula is C24H41NO6S. The number of Topliss-reactive ketones (excluding diaryl/α,β-unsaturated/α-hetero) is 1. The van der Waals surface area contributed by atoms with Crippen molar-refractivity contribution in [2.75, 3.05) is 21.1 Å². The molecule has 2 N–H and O–H groups in total. The van der Waals surface area contributed by atoms with Gasteiger partial charge in [-0.25, -0.2) is 4.18 Å². The smallest absolute Gasteiger partial charge is 0.393 e. The van der Waals surface area contributed by atoms with E-state index in [2.05, 4.69) is 19.9 Å². The summed E-state index contributed by atoms with van der Waals surface area (Å²) < 4.78 is 36.1. The highest BCUT2D eigenvalue weighted by molar-refractivity contribution is 7.80. The third-order valence-corrected chi connectivity index (χ3v) is 9.25. The second-order valence-electron chi connectivity index (χ2n) is 11.4. The highest BCUT2D eigenvalue weighted by Gasteiger charge is 2.62. The summed E-state index contributed by atoms with van der Waals surface area (Å²) in [5.74, 6) is 1.21. The summed E-state index contributed by atoms with van der Waals surface area (Å²) in [5.41, 5.74) is 0.841. The molecule has 0 amide bonds. The van der Waals surface area contributed by atoms with Gasteiger partial charge in [0.1, 0.15) is 5.78 Å². The molecule has 0 saturated heterocycles. The number of hydrogen-bond donors (Lipinski definition) is 2. The number of fused-ring (bicyclic) bond motifs is 5. The molecule has 4 aliphatic carbocycles. The van der Waals surface area contributed by atoms with Gasteiger partial charge in [0, 0.05) is 5.92 Å². The number of nitrogens with zero attached hydrogens (tertiary/aromatic N) is 1. The van der Waals surface area contributed by atoms with Crippen molar-refractivity contribution in [1.82, 2.24) is 4.90 Å². The van der Waals surface area contributed by atoms with Crippen LogP contribution in [0.2, 0.25) is 0 Å². The van der Waals surface area contributed by atoms with Crippen LogP contribution in [-0.2, 0) is 19.4 Å². The molecule has 184 valence electrons. The van der Waals surface area contributed by atoms with Crippen LogP contribution in [0, 0.1) is 34.5 Å². The Kier molecular flexibility index (Phi) is 7.34. The maximum absolute atomic E-state index is 12.2. The van der Waals surface area contributed by atoms with Crippen molar-refractivity contribution in [2.24, 2.45) is 34.5 Å². The van der Waals surface area contributed by atoms with Gasteiger partial charge in [-0.1, -0.05) is 25.5 Å². The zero-order valence-electron chi connectivity index (χ0n) is 20.4. The number of carbonyl (C=O) groups excluding carboxylic acids is 1. The summed E-state index contributed by atoms with van der Waals surface area (Å²) in [7, 11) is 1.54. The average Bonchev–Trinajstić information content (AvgIpc) is 2.96. The second-order valence-corrected chi connectivity index (χ2v) is 12.5. The van der Waals surface area contributed by atoms with Crippen molar-refractivity contribution >= 4 is 16.2 Å². The zero-order valence-corrected chi connectivity index (χ0v) is 21.2. The van der Waals surface area contributed by atoms with E-state index >= 15 is 0 Å². The quantitative estimate of drug-likeness (QED) is 0.480. The normalized spacial score (nSPS) is 43.3. The highest BCUT2D eigenvalue weighted by atomic mass is 32.3. The van der Waals surface area contributed by atoms with E-state index in [-0.39, 0.29) is 28.4 Å². The lowest BCUT2D eigenvalue weighted by molar-refractivity contribution is -0.140. The van der Waals surface area contributed by atoms with Gasteiger partial charge in [0.2, 0.25) is 0 Å². The van der Waals surface area contributed by atoms with Crippen LogP contribution >= 0.6 is 0 Å². The predicted molar refractivity (Wildman–Crippen MR) is 123 cm³/mol. The fourth-order valence-electron chi connectivity index (χ4n) is 7.68. The first-order chi connectivity index (χ1) is 14.7. The van der Waals surface area contributed by atoms with Crippen molar-refractivity contribution < 1.29 is 27.1 Å². The van der Waals surface area contributed by atoms with Crippen LogP contribution in [-0.4, -0.2) is 62.1 Å². The Bertz CT molecular complexity index is 852. The van der Waals surface area contributed by atoms with E-state index in [1.165, 1.54) is 0 Å². The van der Waals surface area contributed by atoms with Gasteiger partial charge in [-0.3, -0.25) is 9.35 Å². The lowest BCUT2D eigenvalue weighted by atomic mass is 9.46. The lowest BCUT2D eigenvalue weighted by Crippen LogP contribution is -2.56. The molecule has 4 rings (SSSR count). The molecule has 8 heteroatoms. The minimum absolute atomic E-state index is 0.0465. The number of ketones is 1. The number of hydrogen-bond acceptors (Lipinski definition) is 6. The van der Waals surface area contributed by atoms with Crippen molar-refractivity contribution in [1.29, 1.82) is 0 Å². The van der Waals surface area contributed by atoms with E-state index in [1.54, 1.807) is 6.92 Å². The van der Waals surface area contributed by atoms with Gasteiger partial charge in [-0.15, -0.1) is 0 Å². The fraction of sp³-hybridized carbons (Fsp3) is 0.875. The Labute approximate surface area is 193 Å². The van der Waals surface area contributed by atoms with E-state index < -0.39 is 22.6 Å². The monoisotopic (exact) mass is 471 g/mol. The van der Waals surface area contributed by atoms with Gasteiger partial charge >= 0.3 is 10.4 Å². The van der Waals surface area contributed by atoms with Gasteiger partial charge in [0.25, 0.3) is 0 Å². The van der Waals surface area contributed by atoms with Gasteiger partial charge in [0.15, 0.2) is 0 Å². The number of rotatable bonds is 3. The molecule has 3 saturated carbocycles. The molecule has 0 spiro atoms. The number of aliphatic hydroxyl groups is 1. The number of allylic oxidation sites excluding steroid dienone is 1. The molecule has 7 nitrogen and oxygen atoms in total. The predicted octanol–water partition coefficient (Wildman–Crippen LogP) is 3.49. The third-order valence-electron chi connectivity index (χ3n) is 8.74. The molecule has 32 heavy (non-hydrogen) atoms. The number of carbonyl (C=O) groups is 1. The van der Waals surface area contributed by atoms with Crippen LogP contribution < -0.4 is 0 Å². The first-order valence-electron chi connectivity index (χ1n) is 11.8. The third kappa shape index (κ3) is 4.85. The first kappa shape index (κ1) is 25.8. The maximum atomic E-state index is 12.2. The SMILES string of the molecule is CC(=O)[C@H]1CCC2[C@@H]3CC=C4C[C@@H](OS(=O)(=O)O)CC[C@]4(C)[C@H]3[C@@H](O)C[C@@]21C.CN(C)C. The summed E-state index contributed by atoms with van der Waals surface area (Å²) in [6.45, 7) is 6.09. The summed E-state index contributed by atoms with van der Waals surface area (Å²) in [5, 5.41) is 11.3. The Hall–Kier alpha value is -0.800. The van der Waals surface area contributed by atoms with E-state index in [1.807, 2.05) is 26.0 Å². The summed E-state index contributed by atoms with van der Waals surface area (Å²) in [4.78, 5) is 14.2. The van der Waals surface area contributed by atoms with Crippen LogP contribution in [0.5, 0.6) is 0 Å². The van der Waals surface area contributed by atoms with Gasteiger partial charge in [-0.2, -0.15) is 8.42 Å². The van der Waals surface area contributed by atoms with Crippen LogP contribution in [0.3, 0.4) is 0 Å². The largest absolute Gasteiger partial charge is 0.397 e. The molecule has 0 radical (unpaired) electrons. The van der Waals surface area contributed by atoms with E-state index in [4.69, 9.17) is 8.74 Å².